The van der Waals surface area contributed by atoms with E-state index in [1.54, 1.807) is 6.08 Å². The molecule has 6 N–H and O–H groups in total. The largest absolute Gasteiger partial charge is 0.394 e. The number of rotatable bonds is 53. The van der Waals surface area contributed by atoms with E-state index < -0.39 is 49.5 Å². The van der Waals surface area contributed by atoms with Crippen molar-refractivity contribution in [1.82, 2.24) is 5.32 Å². The van der Waals surface area contributed by atoms with Crippen LogP contribution in [0.15, 0.2) is 48.6 Å². The molecule has 7 atom stereocenters. The van der Waals surface area contributed by atoms with Crippen molar-refractivity contribution >= 4 is 5.91 Å². The van der Waals surface area contributed by atoms with Crippen molar-refractivity contribution in [3.63, 3.8) is 0 Å². The van der Waals surface area contributed by atoms with Crippen LogP contribution in [-0.2, 0) is 14.3 Å². The van der Waals surface area contributed by atoms with Crippen LogP contribution < -0.4 is 5.32 Å². The van der Waals surface area contributed by atoms with Crippen LogP contribution >= 0.6 is 0 Å². The summed E-state index contributed by atoms with van der Waals surface area (Å²) in [5.74, 6) is -0.185. The van der Waals surface area contributed by atoms with Gasteiger partial charge in [0.1, 0.15) is 24.4 Å². The number of unbranched alkanes of at least 4 members (excludes halogenated alkanes) is 37. The lowest BCUT2D eigenvalue weighted by molar-refractivity contribution is -0.302. The first kappa shape index (κ1) is 68.2. The monoisotopic (exact) mass is 1020 g/mol. The number of ether oxygens (including phenoxy) is 2. The molecule has 0 aromatic rings. The lowest BCUT2D eigenvalue weighted by atomic mass is 9.99. The molecule has 0 spiro atoms. The van der Waals surface area contributed by atoms with Crippen LogP contribution in [-0.4, -0.2) is 87.5 Å². The molecule has 1 rings (SSSR count). The molecule has 0 aromatic heterocycles. The summed E-state index contributed by atoms with van der Waals surface area (Å²) in [6.45, 7) is 3.79. The zero-order valence-corrected chi connectivity index (χ0v) is 46.9. The van der Waals surface area contributed by atoms with Crippen LogP contribution in [0.3, 0.4) is 0 Å². The summed E-state index contributed by atoms with van der Waals surface area (Å²) in [4.78, 5) is 13.1. The highest BCUT2D eigenvalue weighted by Crippen LogP contribution is 2.23. The van der Waals surface area contributed by atoms with Crippen molar-refractivity contribution in [2.75, 3.05) is 13.2 Å². The number of aliphatic hydroxyl groups is 5. The number of hydrogen-bond acceptors (Lipinski definition) is 8. The van der Waals surface area contributed by atoms with E-state index in [2.05, 4.69) is 55.6 Å². The zero-order valence-electron chi connectivity index (χ0n) is 46.9. The van der Waals surface area contributed by atoms with E-state index in [0.717, 1.165) is 44.9 Å². The fourth-order valence-corrected chi connectivity index (χ4v) is 9.73. The average Bonchev–Trinajstić information content (AvgIpc) is 3.38. The SMILES string of the molecule is CCCCCCC/C=C\C/C=C\CCCCCCCCCCCCCCCC(=O)NC(COC1OC(CO)C(O)C(O)C1O)C(O)/C=C/CC/C=C/CCCCCCCCCCCCCCCCCCCC. The van der Waals surface area contributed by atoms with Gasteiger partial charge in [-0.2, -0.15) is 0 Å². The van der Waals surface area contributed by atoms with E-state index in [0.29, 0.717) is 6.42 Å². The van der Waals surface area contributed by atoms with Crippen molar-refractivity contribution in [1.29, 1.82) is 0 Å². The van der Waals surface area contributed by atoms with Crippen LogP contribution in [0.1, 0.15) is 290 Å². The smallest absolute Gasteiger partial charge is 0.220 e. The first-order chi connectivity index (χ1) is 35.3. The third-order valence-electron chi connectivity index (χ3n) is 14.6. The van der Waals surface area contributed by atoms with Crippen LogP contribution in [0.4, 0.5) is 0 Å². The molecule has 422 valence electrons. The van der Waals surface area contributed by atoms with Gasteiger partial charge in [0.05, 0.1) is 25.4 Å². The Labute approximate surface area is 444 Å². The van der Waals surface area contributed by atoms with Crippen LogP contribution in [0, 0.1) is 0 Å². The van der Waals surface area contributed by atoms with E-state index in [9.17, 15) is 30.3 Å². The number of aliphatic hydroxyl groups excluding tert-OH is 5. The predicted octanol–water partition coefficient (Wildman–Crippen LogP) is 15.7. The molecule has 0 radical (unpaired) electrons. The van der Waals surface area contributed by atoms with Crippen LogP contribution in [0.5, 0.6) is 0 Å². The highest BCUT2D eigenvalue weighted by atomic mass is 16.7. The second-order valence-electron chi connectivity index (χ2n) is 21.5. The van der Waals surface area contributed by atoms with E-state index in [1.807, 2.05) is 6.08 Å². The molecule has 0 saturated carbocycles. The Hall–Kier alpha value is -1.85. The topological polar surface area (TPSA) is 149 Å². The number of nitrogens with one attached hydrogen (secondary N) is 1. The Bertz CT molecular complexity index is 1270. The molecule has 9 heteroatoms. The third kappa shape index (κ3) is 41.4. The van der Waals surface area contributed by atoms with Crippen molar-refractivity contribution in [2.45, 2.75) is 333 Å². The molecule has 9 nitrogen and oxygen atoms in total. The van der Waals surface area contributed by atoms with Gasteiger partial charge in [-0.25, -0.2) is 0 Å². The molecule has 1 fully saturated rings. The molecule has 1 amide bonds. The number of carbonyl (C=O) groups is 1. The van der Waals surface area contributed by atoms with Crippen molar-refractivity contribution in [2.24, 2.45) is 0 Å². The van der Waals surface area contributed by atoms with E-state index in [4.69, 9.17) is 9.47 Å². The summed E-state index contributed by atoms with van der Waals surface area (Å²) in [7, 11) is 0. The van der Waals surface area contributed by atoms with Gasteiger partial charge in [-0.1, -0.05) is 268 Å². The number of carbonyl (C=O) groups excluding carboxylic acids is 1. The highest BCUT2D eigenvalue weighted by molar-refractivity contribution is 5.76. The van der Waals surface area contributed by atoms with Gasteiger partial charge >= 0.3 is 0 Å². The van der Waals surface area contributed by atoms with E-state index in [-0.39, 0.29) is 12.5 Å². The second kappa shape index (κ2) is 52.6. The maximum atomic E-state index is 13.1. The zero-order chi connectivity index (χ0) is 52.2. The summed E-state index contributed by atoms with van der Waals surface area (Å²) in [5.41, 5.74) is 0. The second-order valence-corrected chi connectivity index (χ2v) is 21.5. The number of amides is 1. The van der Waals surface area contributed by atoms with E-state index in [1.165, 1.54) is 225 Å². The number of hydrogen-bond donors (Lipinski definition) is 6. The summed E-state index contributed by atoms with van der Waals surface area (Å²) in [6, 6.07) is -0.824. The maximum absolute atomic E-state index is 13.1. The molecule has 0 bridgehead atoms. The minimum Gasteiger partial charge on any atom is -0.394 e. The van der Waals surface area contributed by atoms with Gasteiger partial charge in [-0.15, -0.1) is 0 Å². The number of allylic oxidation sites excluding steroid dienone is 7. The quantitative estimate of drug-likeness (QED) is 0.0261. The molecule has 0 aromatic carbocycles. The van der Waals surface area contributed by atoms with Gasteiger partial charge < -0.3 is 40.3 Å². The lowest BCUT2D eigenvalue weighted by Crippen LogP contribution is -2.60. The van der Waals surface area contributed by atoms with Gasteiger partial charge in [0.2, 0.25) is 5.91 Å². The minimum atomic E-state index is -1.57. The third-order valence-corrected chi connectivity index (χ3v) is 14.6. The summed E-state index contributed by atoms with van der Waals surface area (Å²) in [6.07, 6.45) is 63.3. The van der Waals surface area contributed by atoms with Crippen LogP contribution in [0.2, 0.25) is 0 Å². The molecule has 72 heavy (non-hydrogen) atoms. The molecular formula is C63H117NO8. The van der Waals surface area contributed by atoms with Crippen LogP contribution in [0.25, 0.3) is 0 Å². The molecule has 7 unspecified atom stereocenters. The predicted molar refractivity (Wildman–Crippen MR) is 304 cm³/mol. The summed E-state index contributed by atoms with van der Waals surface area (Å²) in [5, 5.41) is 54.6. The van der Waals surface area contributed by atoms with Gasteiger partial charge in [-0.05, 0) is 64.2 Å². The fourth-order valence-electron chi connectivity index (χ4n) is 9.73. The molecule has 1 aliphatic rings. The Morgan fingerprint density at radius 3 is 1.25 bits per heavy atom. The normalized spacial score (nSPS) is 19.5. The van der Waals surface area contributed by atoms with Gasteiger partial charge in [0.15, 0.2) is 6.29 Å². The lowest BCUT2D eigenvalue weighted by Gasteiger charge is -2.40. The molecular weight excluding hydrogens is 899 g/mol. The van der Waals surface area contributed by atoms with Crippen molar-refractivity contribution < 1.29 is 39.8 Å². The van der Waals surface area contributed by atoms with Gasteiger partial charge in [-0.3, -0.25) is 4.79 Å². The molecule has 1 aliphatic heterocycles. The minimum absolute atomic E-state index is 0.185. The summed E-state index contributed by atoms with van der Waals surface area (Å²) < 4.78 is 11.3. The average molecular weight is 1020 g/mol. The molecule has 1 heterocycles. The fraction of sp³-hybridized carbons (Fsp3) is 0.857. The van der Waals surface area contributed by atoms with Gasteiger partial charge in [0.25, 0.3) is 0 Å². The highest BCUT2D eigenvalue weighted by Gasteiger charge is 2.44. The standard InChI is InChI=1S/C63H117NO8/c1-3-5-7-9-11-13-15-17-19-21-23-25-27-29-31-33-35-37-39-41-43-45-47-49-51-53-59(67)64-56(55-71-63-62(70)61(69)60(68)58(54-65)72-63)57(66)52-50-48-46-44-42-40-38-36-34-32-30-28-26-24-22-20-18-16-14-12-10-8-6-4-2/h15,17,21,23,42,44,50,52,56-58,60-63,65-66,68-70H,3-14,16,18-20,22,24-41,43,45-49,51,53-55H2,1-2H3,(H,64,67)/b17-15-,23-21-,44-42+,52-50+. The Balaban J connectivity index is 2.22. The Morgan fingerprint density at radius 2 is 0.833 bits per heavy atom. The van der Waals surface area contributed by atoms with Crippen molar-refractivity contribution in [3.05, 3.63) is 48.6 Å². The molecule has 0 aliphatic carbocycles. The van der Waals surface area contributed by atoms with Crippen molar-refractivity contribution in [3.8, 4) is 0 Å². The first-order valence-electron chi connectivity index (χ1n) is 30.9. The Kier molecular flexibility index (Phi) is 49.8. The van der Waals surface area contributed by atoms with Gasteiger partial charge in [0, 0.05) is 6.42 Å². The van der Waals surface area contributed by atoms with E-state index >= 15 is 0 Å². The maximum Gasteiger partial charge on any atom is 0.220 e. The molecule has 1 saturated heterocycles. The summed E-state index contributed by atoms with van der Waals surface area (Å²) >= 11 is 0. The first-order valence-corrected chi connectivity index (χ1v) is 30.9. The Morgan fingerprint density at radius 1 is 0.472 bits per heavy atom.